The fourth-order valence-corrected chi connectivity index (χ4v) is 2.72. The molecule has 0 aliphatic carbocycles. The molecular formula is C11H8N4S2. The molecule has 0 bridgehead atoms. The summed E-state index contributed by atoms with van der Waals surface area (Å²) in [6, 6.07) is 9.47. The van der Waals surface area contributed by atoms with E-state index >= 15 is 0 Å². The number of aromatic nitrogens is 2. The highest BCUT2D eigenvalue weighted by Gasteiger charge is 2.29. The molecule has 2 aromatic rings. The van der Waals surface area contributed by atoms with Crippen LogP contribution in [-0.2, 0) is 0 Å². The average molecular weight is 260 g/mol. The second-order valence-electron chi connectivity index (χ2n) is 3.42. The van der Waals surface area contributed by atoms with Crippen molar-refractivity contribution in [2.24, 2.45) is 9.98 Å². The minimum absolute atomic E-state index is 0.614. The van der Waals surface area contributed by atoms with Gasteiger partial charge in [-0.25, -0.2) is 20.0 Å². The average Bonchev–Trinajstić information content (AvgIpc) is 2.66. The van der Waals surface area contributed by atoms with Crippen LogP contribution in [0.15, 0.2) is 57.9 Å². The van der Waals surface area contributed by atoms with Crippen LogP contribution in [0, 0.1) is 0 Å². The van der Waals surface area contributed by atoms with Gasteiger partial charge in [-0.1, -0.05) is 12.1 Å². The van der Waals surface area contributed by atoms with E-state index in [0.717, 1.165) is 10.7 Å². The van der Waals surface area contributed by atoms with Crippen LogP contribution in [0.25, 0.3) is 0 Å². The van der Waals surface area contributed by atoms with Crippen LogP contribution in [0.4, 0.5) is 0 Å². The molecule has 0 atom stereocenters. The zero-order valence-electron chi connectivity index (χ0n) is 8.69. The predicted octanol–water partition coefficient (Wildman–Crippen LogP) is 1.06. The number of rotatable bonds is 2. The number of benzene rings is 1. The summed E-state index contributed by atoms with van der Waals surface area (Å²) < 4.78 is -0.856. The molecule has 6 heteroatoms. The number of thiol groups is 1. The van der Waals surface area contributed by atoms with Gasteiger partial charge in [-0.3, -0.25) is 0 Å². The van der Waals surface area contributed by atoms with Gasteiger partial charge in [-0.2, -0.15) is 0 Å². The number of nitrogens with zero attached hydrogens (tertiary/aromatic N) is 4. The van der Waals surface area contributed by atoms with Crippen molar-refractivity contribution in [3.8, 4) is 0 Å². The van der Waals surface area contributed by atoms with Gasteiger partial charge in [0.1, 0.15) is 0 Å². The summed E-state index contributed by atoms with van der Waals surface area (Å²) in [5.41, 5.74) is 0. The van der Waals surface area contributed by atoms with Crippen molar-refractivity contribution in [1.82, 2.24) is 9.97 Å². The largest absolute Gasteiger partial charge is 0.251 e. The highest BCUT2D eigenvalue weighted by atomic mass is 32.2. The Morgan fingerprint density at radius 3 is 2.12 bits per heavy atom. The van der Waals surface area contributed by atoms with Gasteiger partial charge in [0.25, 0.3) is 4.33 Å². The third-order valence-electron chi connectivity index (χ3n) is 2.18. The van der Waals surface area contributed by atoms with E-state index in [2.05, 4.69) is 32.6 Å². The molecule has 17 heavy (non-hydrogen) atoms. The lowest BCUT2D eigenvalue weighted by molar-refractivity contribution is 0.885. The van der Waals surface area contributed by atoms with Gasteiger partial charge in [0.05, 0.1) is 10.7 Å². The quantitative estimate of drug-likeness (QED) is 0.499. The van der Waals surface area contributed by atoms with E-state index in [1.165, 1.54) is 11.8 Å². The highest BCUT2D eigenvalue weighted by Crippen LogP contribution is 2.36. The Morgan fingerprint density at radius 2 is 1.53 bits per heavy atom. The molecule has 0 saturated carbocycles. The van der Waals surface area contributed by atoms with Gasteiger partial charge in [-0.15, -0.1) is 12.6 Å². The Kier molecular flexibility index (Phi) is 2.60. The molecule has 1 aliphatic rings. The van der Waals surface area contributed by atoms with Crippen LogP contribution in [0.1, 0.15) is 0 Å². The van der Waals surface area contributed by atoms with E-state index in [1.807, 2.05) is 24.3 Å². The molecule has 0 spiro atoms. The first-order valence-electron chi connectivity index (χ1n) is 4.98. The molecule has 0 saturated heterocycles. The van der Waals surface area contributed by atoms with Crippen LogP contribution in [0.5, 0.6) is 0 Å². The zero-order chi connectivity index (χ0) is 11.7. The topological polar surface area (TPSA) is 50.5 Å². The number of para-hydroxylation sites is 2. The maximum atomic E-state index is 4.49. The minimum atomic E-state index is -0.856. The molecule has 2 heterocycles. The lowest BCUT2D eigenvalue weighted by Crippen LogP contribution is -2.19. The van der Waals surface area contributed by atoms with E-state index < -0.39 is 4.33 Å². The van der Waals surface area contributed by atoms with Gasteiger partial charge in [0.15, 0.2) is 5.16 Å². The summed E-state index contributed by atoms with van der Waals surface area (Å²) in [6.07, 6.45) is 3.38. The summed E-state index contributed by atoms with van der Waals surface area (Å²) in [7, 11) is 0. The van der Waals surface area contributed by atoms with E-state index in [9.17, 15) is 0 Å². The molecule has 0 N–H and O–H groups in total. The third-order valence-corrected chi connectivity index (χ3v) is 3.51. The van der Waals surface area contributed by atoms with Crippen molar-refractivity contribution in [3.63, 3.8) is 0 Å². The smallest absolute Gasteiger partial charge is 0.233 e. The van der Waals surface area contributed by atoms with Gasteiger partial charge < -0.3 is 0 Å². The number of hydrogen-bond acceptors (Lipinski definition) is 6. The first kappa shape index (κ1) is 10.7. The summed E-state index contributed by atoms with van der Waals surface area (Å²) >= 11 is 5.81. The minimum Gasteiger partial charge on any atom is -0.233 e. The van der Waals surface area contributed by atoms with E-state index in [1.54, 1.807) is 18.5 Å². The summed E-state index contributed by atoms with van der Waals surface area (Å²) in [5, 5.41) is 2.32. The fraction of sp³-hybridized carbons (Fsp3) is 0.0909. The van der Waals surface area contributed by atoms with Crippen LogP contribution in [0.2, 0.25) is 0 Å². The maximum Gasteiger partial charge on any atom is 0.251 e. The summed E-state index contributed by atoms with van der Waals surface area (Å²) in [5.74, 6) is 0. The SMILES string of the molecule is SC1(Sc2ncccn2)N=c2ccccc2=N1. The molecule has 1 aromatic heterocycles. The Labute approximate surface area is 107 Å². The van der Waals surface area contributed by atoms with Crippen molar-refractivity contribution < 1.29 is 0 Å². The highest BCUT2D eigenvalue weighted by molar-refractivity contribution is 8.11. The Bertz CT molecular complexity index is 622. The third kappa shape index (κ3) is 2.18. The molecule has 0 radical (unpaired) electrons. The first-order valence-corrected chi connectivity index (χ1v) is 6.25. The molecule has 0 amide bonds. The molecule has 0 fully saturated rings. The van der Waals surface area contributed by atoms with E-state index in [4.69, 9.17) is 0 Å². The number of fused-ring (bicyclic) bond motifs is 1. The van der Waals surface area contributed by atoms with Gasteiger partial charge in [0.2, 0.25) is 0 Å². The van der Waals surface area contributed by atoms with Gasteiger partial charge in [-0.05, 0) is 30.0 Å². The Balaban J connectivity index is 1.98. The van der Waals surface area contributed by atoms with Crippen LogP contribution in [-0.4, -0.2) is 14.3 Å². The molecule has 0 unspecified atom stereocenters. The van der Waals surface area contributed by atoms with Crippen molar-refractivity contribution in [3.05, 3.63) is 53.4 Å². The monoisotopic (exact) mass is 260 g/mol. The zero-order valence-corrected chi connectivity index (χ0v) is 10.4. The molecule has 1 aromatic carbocycles. The summed E-state index contributed by atoms with van der Waals surface area (Å²) in [4.78, 5) is 17.2. The maximum absolute atomic E-state index is 4.49. The van der Waals surface area contributed by atoms with E-state index in [0.29, 0.717) is 5.16 Å². The second-order valence-corrected chi connectivity index (χ2v) is 5.48. The van der Waals surface area contributed by atoms with Gasteiger partial charge in [0, 0.05) is 12.4 Å². The summed E-state index contributed by atoms with van der Waals surface area (Å²) in [6.45, 7) is 0. The van der Waals surface area contributed by atoms with Crippen LogP contribution >= 0.6 is 24.4 Å². The molecule has 3 rings (SSSR count). The van der Waals surface area contributed by atoms with E-state index in [-0.39, 0.29) is 0 Å². The standard InChI is InChI=1S/C11H8N4S2/c16-11(17-10-12-6-3-7-13-10)14-8-4-1-2-5-9(8)15-11/h1-7,16H. The van der Waals surface area contributed by atoms with Crippen LogP contribution in [0.3, 0.4) is 0 Å². The van der Waals surface area contributed by atoms with Gasteiger partial charge >= 0.3 is 0 Å². The number of thioether (sulfide) groups is 1. The normalized spacial score (nSPS) is 15.8. The first-order chi connectivity index (χ1) is 8.25. The number of hydrogen-bond donors (Lipinski definition) is 1. The van der Waals surface area contributed by atoms with Crippen molar-refractivity contribution in [1.29, 1.82) is 0 Å². The lowest BCUT2D eigenvalue weighted by atomic mass is 10.3. The molecular weight excluding hydrogens is 252 g/mol. The second kappa shape index (κ2) is 4.12. The molecule has 4 nitrogen and oxygen atoms in total. The van der Waals surface area contributed by atoms with Crippen molar-refractivity contribution in [2.45, 2.75) is 9.48 Å². The molecule has 84 valence electrons. The predicted molar refractivity (Wildman–Crippen MR) is 68.4 cm³/mol. The lowest BCUT2D eigenvalue weighted by Gasteiger charge is -2.13. The Morgan fingerprint density at radius 1 is 0.941 bits per heavy atom. The fourth-order valence-electron chi connectivity index (χ4n) is 1.50. The molecule has 1 aliphatic heterocycles. The van der Waals surface area contributed by atoms with Crippen molar-refractivity contribution >= 4 is 24.4 Å². The van der Waals surface area contributed by atoms with Crippen LogP contribution < -0.4 is 10.7 Å². The van der Waals surface area contributed by atoms with Crippen molar-refractivity contribution in [2.75, 3.05) is 0 Å². The Hall–Kier alpha value is -1.40.